The van der Waals surface area contributed by atoms with E-state index in [1.54, 1.807) is 0 Å². The van der Waals surface area contributed by atoms with E-state index in [0.717, 1.165) is 11.1 Å². The van der Waals surface area contributed by atoms with Gasteiger partial charge in [0.15, 0.2) is 0 Å². The van der Waals surface area contributed by atoms with Crippen molar-refractivity contribution in [1.29, 1.82) is 0 Å². The van der Waals surface area contributed by atoms with Crippen LogP contribution < -0.4 is 5.73 Å². The van der Waals surface area contributed by atoms with Crippen molar-refractivity contribution in [3.63, 3.8) is 0 Å². The van der Waals surface area contributed by atoms with E-state index in [2.05, 4.69) is 0 Å². The molecule has 0 fully saturated rings. The van der Waals surface area contributed by atoms with Crippen molar-refractivity contribution in [2.45, 2.75) is 13.0 Å². The van der Waals surface area contributed by atoms with Crippen LogP contribution in [0.2, 0.25) is 0 Å². The van der Waals surface area contributed by atoms with Gasteiger partial charge in [-0.05, 0) is 12.5 Å². The summed E-state index contributed by atoms with van der Waals surface area (Å²) >= 11 is 0. The van der Waals surface area contributed by atoms with Gasteiger partial charge >= 0.3 is 0 Å². The maximum atomic E-state index is 8.82. The van der Waals surface area contributed by atoms with E-state index in [1.165, 1.54) is 0 Å². The van der Waals surface area contributed by atoms with Crippen molar-refractivity contribution >= 4 is 6.08 Å². The fourth-order valence-corrected chi connectivity index (χ4v) is 1.06. The molecule has 1 atom stereocenters. The number of rotatable bonds is 3. The summed E-state index contributed by atoms with van der Waals surface area (Å²) in [7, 11) is 0. The van der Waals surface area contributed by atoms with Gasteiger partial charge in [-0.25, -0.2) is 0 Å². The van der Waals surface area contributed by atoms with Gasteiger partial charge in [-0.15, -0.1) is 0 Å². The van der Waals surface area contributed by atoms with Crippen LogP contribution in [0, 0.1) is 0 Å². The van der Waals surface area contributed by atoms with E-state index >= 15 is 0 Å². The molecule has 0 aliphatic heterocycles. The lowest BCUT2D eigenvalue weighted by Gasteiger charge is -2.07. The number of aliphatic hydroxyl groups is 1. The Morgan fingerprint density at radius 1 is 1.46 bits per heavy atom. The average Bonchev–Trinajstić information content (AvgIpc) is 2.18. The van der Waals surface area contributed by atoms with Crippen LogP contribution in [-0.2, 0) is 0 Å². The van der Waals surface area contributed by atoms with Crippen molar-refractivity contribution in [2.75, 3.05) is 6.61 Å². The van der Waals surface area contributed by atoms with Gasteiger partial charge in [-0.1, -0.05) is 42.0 Å². The molecule has 3 N–H and O–H groups in total. The topological polar surface area (TPSA) is 46.2 Å². The maximum Gasteiger partial charge on any atom is 0.0621 e. The number of benzene rings is 1. The van der Waals surface area contributed by atoms with E-state index < -0.39 is 0 Å². The largest absolute Gasteiger partial charge is 0.394 e. The quantitative estimate of drug-likeness (QED) is 0.733. The first-order valence-corrected chi connectivity index (χ1v) is 4.33. The lowest BCUT2D eigenvalue weighted by Crippen LogP contribution is -2.25. The minimum atomic E-state index is -0.250. The van der Waals surface area contributed by atoms with E-state index in [1.807, 2.05) is 43.3 Å². The summed E-state index contributed by atoms with van der Waals surface area (Å²) in [4.78, 5) is 0. The lowest BCUT2D eigenvalue weighted by molar-refractivity contribution is 0.280. The van der Waals surface area contributed by atoms with Gasteiger partial charge in [0, 0.05) is 6.04 Å². The zero-order valence-corrected chi connectivity index (χ0v) is 7.77. The summed E-state index contributed by atoms with van der Waals surface area (Å²) < 4.78 is 0. The molecule has 0 aromatic heterocycles. The second kappa shape index (κ2) is 4.80. The normalized spacial score (nSPS) is 14.2. The van der Waals surface area contributed by atoms with Crippen molar-refractivity contribution in [2.24, 2.45) is 5.73 Å². The van der Waals surface area contributed by atoms with Gasteiger partial charge in [0.25, 0.3) is 0 Å². The number of aliphatic hydroxyl groups excluding tert-OH is 1. The van der Waals surface area contributed by atoms with Gasteiger partial charge in [-0.2, -0.15) is 0 Å². The first-order valence-electron chi connectivity index (χ1n) is 4.33. The SMILES string of the molecule is C/C(=C\c1ccccc1)[C@H](N)CO. The van der Waals surface area contributed by atoms with Gasteiger partial charge in [0.1, 0.15) is 0 Å². The van der Waals surface area contributed by atoms with Crippen molar-refractivity contribution in [1.82, 2.24) is 0 Å². The van der Waals surface area contributed by atoms with E-state index in [9.17, 15) is 0 Å². The Balaban J connectivity index is 2.77. The third-order valence-electron chi connectivity index (χ3n) is 1.98. The summed E-state index contributed by atoms with van der Waals surface area (Å²) in [6.07, 6.45) is 1.99. The second-order valence-electron chi connectivity index (χ2n) is 3.09. The van der Waals surface area contributed by atoms with Crippen molar-refractivity contribution in [3.8, 4) is 0 Å². The highest BCUT2D eigenvalue weighted by Gasteiger charge is 2.01. The third kappa shape index (κ3) is 3.01. The molecule has 0 radical (unpaired) electrons. The monoisotopic (exact) mass is 177 g/mol. The van der Waals surface area contributed by atoms with E-state index in [-0.39, 0.29) is 12.6 Å². The highest BCUT2D eigenvalue weighted by molar-refractivity contribution is 5.53. The van der Waals surface area contributed by atoms with Crippen LogP contribution in [0.3, 0.4) is 0 Å². The molecule has 0 unspecified atom stereocenters. The summed E-state index contributed by atoms with van der Waals surface area (Å²) in [5.41, 5.74) is 7.75. The van der Waals surface area contributed by atoms with Crippen molar-refractivity contribution < 1.29 is 5.11 Å². The highest BCUT2D eigenvalue weighted by atomic mass is 16.3. The molecule has 2 heteroatoms. The highest BCUT2D eigenvalue weighted by Crippen LogP contribution is 2.07. The molecule has 0 heterocycles. The van der Waals surface area contributed by atoms with Crippen LogP contribution in [0.5, 0.6) is 0 Å². The number of nitrogens with two attached hydrogens (primary N) is 1. The molecule has 0 amide bonds. The van der Waals surface area contributed by atoms with Crippen LogP contribution in [0.15, 0.2) is 35.9 Å². The average molecular weight is 177 g/mol. The van der Waals surface area contributed by atoms with E-state index in [0.29, 0.717) is 0 Å². The van der Waals surface area contributed by atoms with Crippen LogP contribution in [-0.4, -0.2) is 17.8 Å². The first-order chi connectivity index (χ1) is 6.24. The fraction of sp³-hybridized carbons (Fsp3) is 0.273. The third-order valence-corrected chi connectivity index (χ3v) is 1.98. The van der Waals surface area contributed by atoms with Gasteiger partial charge < -0.3 is 10.8 Å². The Morgan fingerprint density at radius 2 is 2.08 bits per heavy atom. The Labute approximate surface area is 78.7 Å². The summed E-state index contributed by atoms with van der Waals surface area (Å²) in [6.45, 7) is 1.92. The molecule has 13 heavy (non-hydrogen) atoms. The molecule has 1 aromatic rings. The molecule has 70 valence electrons. The molecule has 0 saturated carbocycles. The zero-order valence-electron chi connectivity index (χ0n) is 7.77. The molecular formula is C11H15NO. The minimum absolute atomic E-state index is 0.00479. The standard InChI is InChI=1S/C11H15NO/c1-9(11(12)8-13)7-10-5-3-2-4-6-10/h2-7,11,13H,8,12H2,1H3/b9-7+/t11-/m1/s1. The second-order valence-corrected chi connectivity index (χ2v) is 3.09. The Hall–Kier alpha value is -1.12. The molecule has 0 saturated heterocycles. The smallest absolute Gasteiger partial charge is 0.0621 e. The molecule has 0 spiro atoms. The minimum Gasteiger partial charge on any atom is -0.394 e. The Bertz CT molecular complexity index is 279. The molecule has 1 aromatic carbocycles. The number of hydrogen-bond acceptors (Lipinski definition) is 2. The fourth-order valence-electron chi connectivity index (χ4n) is 1.06. The van der Waals surface area contributed by atoms with Crippen molar-refractivity contribution in [3.05, 3.63) is 41.5 Å². The Morgan fingerprint density at radius 3 is 2.62 bits per heavy atom. The predicted molar refractivity (Wildman–Crippen MR) is 55.2 cm³/mol. The molecule has 2 nitrogen and oxygen atoms in total. The van der Waals surface area contributed by atoms with Crippen LogP contribution in [0.1, 0.15) is 12.5 Å². The zero-order chi connectivity index (χ0) is 9.68. The molecule has 1 rings (SSSR count). The van der Waals surface area contributed by atoms with Gasteiger partial charge in [0.2, 0.25) is 0 Å². The van der Waals surface area contributed by atoms with E-state index in [4.69, 9.17) is 10.8 Å². The lowest BCUT2D eigenvalue weighted by atomic mass is 10.1. The maximum absolute atomic E-state index is 8.82. The molecule has 0 bridgehead atoms. The van der Waals surface area contributed by atoms with Crippen LogP contribution in [0.25, 0.3) is 6.08 Å². The van der Waals surface area contributed by atoms with Gasteiger partial charge in [0.05, 0.1) is 6.61 Å². The molecular weight excluding hydrogens is 162 g/mol. The predicted octanol–water partition coefficient (Wildman–Crippen LogP) is 1.41. The number of hydrogen-bond donors (Lipinski definition) is 2. The molecule has 0 aliphatic carbocycles. The first kappa shape index (κ1) is 9.96. The summed E-state index contributed by atoms with van der Waals surface area (Å²) in [5.74, 6) is 0. The van der Waals surface area contributed by atoms with Crippen LogP contribution in [0.4, 0.5) is 0 Å². The Kier molecular flexibility index (Phi) is 3.68. The summed E-state index contributed by atoms with van der Waals surface area (Å²) in [6, 6.07) is 9.69. The van der Waals surface area contributed by atoms with Gasteiger partial charge in [-0.3, -0.25) is 0 Å². The molecule has 0 aliphatic rings. The van der Waals surface area contributed by atoms with Crippen LogP contribution >= 0.6 is 0 Å². The summed E-state index contributed by atoms with van der Waals surface area (Å²) in [5, 5.41) is 8.82.